The maximum Gasteiger partial charge on any atom is 0.410 e. The zero-order valence-corrected chi connectivity index (χ0v) is 40.0. The summed E-state index contributed by atoms with van der Waals surface area (Å²) >= 11 is 0. The third-order valence-corrected chi connectivity index (χ3v) is 11.7. The van der Waals surface area contributed by atoms with E-state index in [0.717, 1.165) is 17.5 Å². The Bertz CT molecular complexity index is 2020. The van der Waals surface area contributed by atoms with Gasteiger partial charge in [0.05, 0.1) is 38.6 Å². The molecule has 9 atom stereocenters. The van der Waals surface area contributed by atoms with E-state index in [9.17, 15) is 33.9 Å². The second-order valence-electron chi connectivity index (χ2n) is 18.5. The van der Waals surface area contributed by atoms with Crippen LogP contribution in [0.15, 0.2) is 73.2 Å². The normalized spacial score (nSPS) is 17.4. The van der Waals surface area contributed by atoms with Crippen molar-refractivity contribution < 1.29 is 48.1 Å². The quantitative estimate of drug-likeness (QED) is 0.0606. The van der Waals surface area contributed by atoms with Crippen molar-refractivity contribution >= 4 is 35.7 Å². The van der Waals surface area contributed by atoms with E-state index >= 15 is 0 Å². The number of esters is 1. The minimum absolute atomic E-state index is 0.0906. The molecule has 1 saturated heterocycles. The van der Waals surface area contributed by atoms with Crippen LogP contribution >= 0.6 is 0 Å². The summed E-state index contributed by atoms with van der Waals surface area (Å²) in [5.41, 5.74) is 8.00. The van der Waals surface area contributed by atoms with Crippen LogP contribution in [-0.4, -0.2) is 130 Å². The molecule has 1 fully saturated rings. The number of rotatable bonds is 25. The maximum absolute atomic E-state index is 14.1. The van der Waals surface area contributed by atoms with Crippen LogP contribution in [0.2, 0.25) is 0 Å². The number of aliphatic hydroxyl groups is 1. The number of likely N-dealkylation sites (tertiary alicyclic amines) is 1. The van der Waals surface area contributed by atoms with Crippen molar-refractivity contribution in [3.05, 3.63) is 90.0 Å². The van der Waals surface area contributed by atoms with Crippen molar-refractivity contribution in [3.8, 4) is 0 Å². The van der Waals surface area contributed by atoms with E-state index < -0.39 is 84.1 Å². The number of aromatic nitrogens is 2. The second kappa shape index (κ2) is 26.5. The highest BCUT2D eigenvalue weighted by atomic mass is 16.6. The number of ether oxygens (including phenoxy) is 3. The number of nitrogens with one attached hydrogen (secondary N) is 5. The molecule has 0 aliphatic carbocycles. The van der Waals surface area contributed by atoms with E-state index in [1.165, 1.54) is 13.4 Å². The first kappa shape index (κ1) is 53.8. The summed E-state index contributed by atoms with van der Waals surface area (Å²) in [4.78, 5) is 89.1. The van der Waals surface area contributed by atoms with Crippen molar-refractivity contribution in [2.24, 2.45) is 17.6 Å². The molecule has 0 spiro atoms. The van der Waals surface area contributed by atoms with E-state index in [1.807, 2.05) is 95.3 Å². The van der Waals surface area contributed by atoms with Gasteiger partial charge >= 0.3 is 12.1 Å². The maximum atomic E-state index is 14.1. The van der Waals surface area contributed by atoms with Gasteiger partial charge in [0.25, 0.3) is 0 Å². The lowest BCUT2D eigenvalue weighted by Crippen LogP contribution is -2.55. The minimum Gasteiger partial charge on any atom is -0.467 e. The molecule has 2 heterocycles. The first-order valence-corrected chi connectivity index (χ1v) is 23.2. The van der Waals surface area contributed by atoms with Gasteiger partial charge in [-0.05, 0) is 63.0 Å². The molecule has 1 aliphatic rings. The number of benzene rings is 2. The van der Waals surface area contributed by atoms with Crippen LogP contribution in [0.1, 0.15) is 90.5 Å². The van der Waals surface area contributed by atoms with Gasteiger partial charge in [0.15, 0.2) is 0 Å². The van der Waals surface area contributed by atoms with Crippen LogP contribution in [0.25, 0.3) is 0 Å². The van der Waals surface area contributed by atoms with Crippen molar-refractivity contribution in [2.45, 2.75) is 141 Å². The summed E-state index contributed by atoms with van der Waals surface area (Å²) in [5, 5.41) is 22.3. The van der Waals surface area contributed by atoms with Gasteiger partial charge < -0.3 is 56.2 Å². The Hall–Kier alpha value is -5.85. The third-order valence-electron chi connectivity index (χ3n) is 11.7. The molecule has 2 aromatic carbocycles. The van der Waals surface area contributed by atoms with Gasteiger partial charge in [-0.25, -0.2) is 14.6 Å². The zero-order chi connectivity index (χ0) is 49.1. The number of aromatic amines is 1. The lowest BCUT2D eigenvalue weighted by Gasteiger charge is -2.30. The lowest BCUT2D eigenvalue weighted by molar-refractivity contribution is -0.145. The number of aliphatic hydroxyl groups excluding tert-OH is 1. The second-order valence-corrected chi connectivity index (χ2v) is 18.5. The fourth-order valence-corrected chi connectivity index (χ4v) is 7.77. The summed E-state index contributed by atoms with van der Waals surface area (Å²) < 4.78 is 16.9. The Kier molecular flexibility index (Phi) is 21.2. The monoisotopic (exact) mass is 933 g/mol. The summed E-state index contributed by atoms with van der Waals surface area (Å²) in [6.45, 7) is 11.7. The van der Waals surface area contributed by atoms with E-state index in [0.29, 0.717) is 25.1 Å². The summed E-state index contributed by atoms with van der Waals surface area (Å²) in [7, 11) is 1.24. The SMILES string of the molecule is CC[C@H](C)[C@H](NC(=O)CC(O)C(N)CC(C)CNC(=O)[C@H](Cc1cnc[nH]1)NC(=O)[C@H](Cc1ccccc1)OC[C@@H]1CCCN1C(=O)OC(C)(C)C)C(=O)N[C@@H](Cc1ccccc1)C(=O)OC. The van der Waals surface area contributed by atoms with Gasteiger partial charge in [-0.15, -0.1) is 0 Å². The highest BCUT2D eigenvalue weighted by Crippen LogP contribution is 2.22. The summed E-state index contributed by atoms with van der Waals surface area (Å²) in [6.07, 6.45) is 2.65. The number of imidazole rings is 1. The third kappa shape index (κ3) is 18.1. The first-order valence-electron chi connectivity index (χ1n) is 23.2. The molecular weight excluding hydrogens is 861 g/mol. The van der Waals surface area contributed by atoms with E-state index in [4.69, 9.17) is 19.9 Å². The van der Waals surface area contributed by atoms with Crippen LogP contribution in [0.4, 0.5) is 4.79 Å². The standard InChI is InChI=1S/C49H72N8O10/c1-8-32(3)43(46(62)55-39(47(63)65-7)23-33-16-11-9-12-17-33)56-42(59)26-40(58)37(50)22-31(2)27-52-44(60)38(25-35-28-51-30-53-35)54-45(61)41(24-34-18-13-10-14-19-34)66-29-36-20-15-21-57(36)48(64)67-49(4,5)6/h9-14,16-19,28,30-32,36-41,43,58H,8,15,20-27,29,50H2,1-7H3,(H,51,53)(H,52,60)(H,54,61)(H,55,62)(H,56,59)/t31?,32-,36-,37?,38-,39-,40?,41-,43-/m0/s1. The Balaban J connectivity index is 1.35. The number of H-pyrrole nitrogens is 1. The largest absolute Gasteiger partial charge is 0.467 e. The number of carbonyl (C=O) groups is 6. The molecule has 18 heteroatoms. The predicted octanol–water partition coefficient (Wildman–Crippen LogP) is 3.12. The lowest BCUT2D eigenvalue weighted by atomic mass is 9.95. The summed E-state index contributed by atoms with van der Waals surface area (Å²) in [6, 6.07) is 14.3. The molecule has 0 radical (unpaired) electrons. The fourth-order valence-electron chi connectivity index (χ4n) is 7.77. The Morgan fingerprint density at radius 1 is 0.896 bits per heavy atom. The van der Waals surface area contributed by atoms with E-state index in [1.54, 1.807) is 18.0 Å². The van der Waals surface area contributed by atoms with Gasteiger partial charge in [0.1, 0.15) is 29.8 Å². The highest BCUT2D eigenvalue weighted by molar-refractivity contribution is 5.91. The van der Waals surface area contributed by atoms with Gasteiger partial charge in [-0.2, -0.15) is 0 Å². The number of nitrogens with two attached hydrogens (primary N) is 1. The molecule has 0 bridgehead atoms. The highest BCUT2D eigenvalue weighted by Gasteiger charge is 2.35. The Labute approximate surface area is 394 Å². The van der Waals surface area contributed by atoms with Crippen molar-refractivity contribution in [1.29, 1.82) is 0 Å². The smallest absolute Gasteiger partial charge is 0.410 e. The number of amides is 5. The average Bonchev–Trinajstić information content (AvgIpc) is 4.00. The van der Waals surface area contributed by atoms with Gasteiger partial charge in [0.2, 0.25) is 23.6 Å². The van der Waals surface area contributed by atoms with Crippen molar-refractivity contribution in [1.82, 2.24) is 36.1 Å². The van der Waals surface area contributed by atoms with Crippen LogP contribution < -0.4 is 27.0 Å². The van der Waals surface area contributed by atoms with E-state index in [2.05, 4.69) is 31.2 Å². The minimum atomic E-state index is -1.28. The molecule has 4 rings (SSSR count). The van der Waals surface area contributed by atoms with Crippen LogP contribution in [0.5, 0.6) is 0 Å². The molecule has 67 heavy (non-hydrogen) atoms. The zero-order valence-electron chi connectivity index (χ0n) is 40.0. The Morgan fingerprint density at radius 2 is 1.54 bits per heavy atom. The molecule has 0 saturated carbocycles. The molecule has 18 nitrogen and oxygen atoms in total. The van der Waals surface area contributed by atoms with Gasteiger partial charge in [0, 0.05) is 50.3 Å². The van der Waals surface area contributed by atoms with Crippen molar-refractivity contribution in [2.75, 3.05) is 26.8 Å². The molecule has 1 aromatic heterocycles. The van der Waals surface area contributed by atoms with Gasteiger partial charge in [-0.1, -0.05) is 87.9 Å². The summed E-state index contributed by atoms with van der Waals surface area (Å²) in [5.74, 6) is -3.35. The van der Waals surface area contributed by atoms with Crippen LogP contribution in [-0.2, 0) is 57.4 Å². The molecule has 5 amide bonds. The van der Waals surface area contributed by atoms with Crippen molar-refractivity contribution in [3.63, 3.8) is 0 Å². The molecule has 1 aliphatic heterocycles. The van der Waals surface area contributed by atoms with Crippen LogP contribution in [0, 0.1) is 11.8 Å². The molecule has 3 aromatic rings. The number of hydrogen-bond donors (Lipinski definition) is 7. The molecule has 8 N–H and O–H groups in total. The number of nitrogens with zero attached hydrogens (tertiary/aromatic N) is 2. The van der Waals surface area contributed by atoms with Crippen LogP contribution in [0.3, 0.4) is 0 Å². The van der Waals surface area contributed by atoms with E-state index in [-0.39, 0.29) is 56.7 Å². The number of carbonyl (C=O) groups excluding carboxylic acids is 6. The van der Waals surface area contributed by atoms with Gasteiger partial charge in [-0.3, -0.25) is 19.2 Å². The fraction of sp³-hybridized carbons (Fsp3) is 0.571. The molecule has 3 unspecified atom stereocenters. The number of hydrogen-bond acceptors (Lipinski definition) is 12. The topological polar surface area (TPSA) is 256 Å². The first-order chi connectivity index (χ1) is 31.9. The number of methoxy groups -OCH3 is 1. The molecule has 368 valence electrons. The Morgan fingerprint density at radius 3 is 2.13 bits per heavy atom. The molecular formula is C49H72N8O10. The average molecular weight is 933 g/mol. The predicted molar refractivity (Wildman–Crippen MR) is 251 cm³/mol.